The third-order valence-electron chi connectivity index (χ3n) is 1.42. The second-order valence-electron chi connectivity index (χ2n) is 2.32. The van der Waals surface area contributed by atoms with E-state index < -0.39 is 0 Å². The van der Waals surface area contributed by atoms with Gasteiger partial charge < -0.3 is 9.73 Å². The van der Waals surface area contributed by atoms with E-state index in [9.17, 15) is 4.79 Å². The van der Waals surface area contributed by atoms with Crippen molar-refractivity contribution in [2.24, 2.45) is 5.11 Å². The number of rotatable bonds is 4. The molecule has 1 heterocycles. The molecule has 14 heavy (non-hydrogen) atoms. The summed E-state index contributed by atoms with van der Waals surface area (Å²) >= 11 is 5.57. The monoisotopic (exact) mass is 214 g/mol. The minimum atomic E-state index is -0.350. The van der Waals surface area contributed by atoms with E-state index in [4.69, 9.17) is 21.5 Å². The van der Waals surface area contributed by atoms with Crippen LogP contribution in [-0.4, -0.2) is 19.0 Å². The van der Waals surface area contributed by atoms with E-state index in [0.717, 1.165) is 0 Å². The number of carbonyl (C=O) groups excluding carboxylic acids is 1. The lowest BCUT2D eigenvalue weighted by molar-refractivity contribution is 0.0954. The van der Waals surface area contributed by atoms with Crippen molar-refractivity contribution in [1.82, 2.24) is 5.32 Å². The lowest BCUT2D eigenvalue weighted by atomic mass is 10.3. The molecule has 0 saturated carbocycles. The van der Waals surface area contributed by atoms with Crippen molar-refractivity contribution >= 4 is 17.5 Å². The van der Waals surface area contributed by atoms with Crippen LogP contribution in [0.2, 0.25) is 5.22 Å². The Kier molecular flexibility index (Phi) is 3.84. The fraction of sp³-hybridized carbons (Fsp3) is 0.286. The van der Waals surface area contributed by atoms with Gasteiger partial charge in [0.2, 0.25) is 5.22 Å². The van der Waals surface area contributed by atoms with Gasteiger partial charge in [-0.05, 0) is 23.2 Å². The molecule has 0 unspecified atom stereocenters. The Hall–Kier alpha value is -1.65. The first-order valence-electron chi connectivity index (χ1n) is 3.77. The van der Waals surface area contributed by atoms with Gasteiger partial charge in [-0.25, -0.2) is 0 Å². The molecule has 0 atom stereocenters. The zero-order valence-corrected chi connectivity index (χ0v) is 7.86. The summed E-state index contributed by atoms with van der Waals surface area (Å²) in [5, 5.41) is 5.82. The number of halogens is 1. The normalized spacial score (nSPS) is 9.21. The highest BCUT2D eigenvalue weighted by Crippen LogP contribution is 2.15. The maximum absolute atomic E-state index is 11.3. The van der Waals surface area contributed by atoms with Crippen molar-refractivity contribution in [1.29, 1.82) is 0 Å². The van der Waals surface area contributed by atoms with Crippen molar-refractivity contribution in [3.05, 3.63) is 33.6 Å². The minimum Gasteiger partial charge on any atom is -0.452 e. The second-order valence-corrected chi connectivity index (χ2v) is 2.66. The van der Waals surface area contributed by atoms with Crippen LogP contribution in [-0.2, 0) is 0 Å². The van der Waals surface area contributed by atoms with E-state index in [0.29, 0.717) is 0 Å². The Morgan fingerprint density at radius 1 is 1.79 bits per heavy atom. The smallest absolute Gasteiger partial charge is 0.256 e. The van der Waals surface area contributed by atoms with E-state index in [1.165, 1.54) is 12.3 Å². The van der Waals surface area contributed by atoms with Crippen molar-refractivity contribution in [3.63, 3.8) is 0 Å². The second kappa shape index (κ2) is 5.16. The predicted octanol–water partition coefficient (Wildman–Crippen LogP) is 1.97. The Bertz CT molecular complexity index is 370. The molecule has 0 aliphatic heterocycles. The highest BCUT2D eigenvalue weighted by atomic mass is 35.5. The SMILES string of the molecule is [N-]=[N+]=NCCNC(=O)c1ccoc1Cl. The topological polar surface area (TPSA) is 91.0 Å². The van der Waals surface area contributed by atoms with Crippen LogP contribution in [0.25, 0.3) is 10.4 Å². The van der Waals surface area contributed by atoms with Crippen LogP contribution in [0.4, 0.5) is 0 Å². The summed E-state index contributed by atoms with van der Waals surface area (Å²) in [5.41, 5.74) is 8.24. The Balaban J connectivity index is 2.43. The molecular weight excluding hydrogens is 208 g/mol. The third kappa shape index (κ3) is 2.69. The Labute approximate surface area is 84.5 Å². The number of nitrogens with zero attached hydrogens (tertiary/aromatic N) is 3. The average Bonchev–Trinajstić information content (AvgIpc) is 2.59. The number of hydrogen-bond donors (Lipinski definition) is 1. The molecule has 1 aromatic heterocycles. The first-order chi connectivity index (χ1) is 6.75. The summed E-state index contributed by atoms with van der Waals surface area (Å²) in [6, 6.07) is 1.46. The summed E-state index contributed by atoms with van der Waals surface area (Å²) < 4.78 is 4.74. The van der Waals surface area contributed by atoms with Gasteiger partial charge >= 0.3 is 0 Å². The quantitative estimate of drug-likeness (QED) is 0.359. The number of amides is 1. The van der Waals surface area contributed by atoms with E-state index in [2.05, 4.69) is 15.3 Å². The molecular formula is C7H7ClN4O2. The van der Waals surface area contributed by atoms with E-state index in [-0.39, 0.29) is 29.8 Å². The Morgan fingerprint density at radius 2 is 2.57 bits per heavy atom. The van der Waals surface area contributed by atoms with Crippen molar-refractivity contribution in [2.75, 3.05) is 13.1 Å². The van der Waals surface area contributed by atoms with Gasteiger partial charge in [0.05, 0.1) is 11.8 Å². The standard InChI is InChI=1S/C7H7ClN4O2/c8-6-5(1-4-14-6)7(13)10-2-3-11-12-9/h1,4H,2-3H2,(H,10,13). The van der Waals surface area contributed by atoms with Crippen LogP contribution in [0.15, 0.2) is 21.9 Å². The maximum Gasteiger partial charge on any atom is 0.256 e. The van der Waals surface area contributed by atoms with Gasteiger partial charge in [-0.3, -0.25) is 4.79 Å². The minimum absolute atomic E-state index is 0.0475. The van der Waals surface area contributed by atoms with Crippen molar-refractivity contribution < 1.29 is 9.21 Å². The number of nitrogens with one attached hydrogen (secondary N) is 1. The van der Waals surface area contributed by atoms with Gasteiger partial charge in [0.25, 0.3) is 5.91 Å². The number of carbonyl (C=O) groups is 1. The molecule has 0 radical (unpaired) electrons. The van der Waals surface area contributed by atoms with Crippen LogP contribution in [0.5, 0.6) is 0 Å². The van der Waals surface area contributed by atoms with E-state index >= 15 is 0 Å². The van der Waals surface area contributed by atoms with E-state index in [1.807, 2.05) is 0 Å². The molecule has 1 N–H and O–H groups in total. The maximum atomic E-state index is 11.3. The lowest BCUT2D eigenvalue weighted by Gasteiger charge is -1.99. The Morgan fingerprint density at radius 3 is 3.14 bits per heavy atom. The molecule has 0 bridgehead atoms. The molecule has 6 nitrogen and oxygen atoms in total. The number of furan rings is 1. The summed E-state index contributed by atoms with van der Waals surface area (Å²) in [7, 11) is 0. The molecule has 1 aromatic rings. The summed E-state index contributed by atoms with van der Waals surface area (Å²) in [6.45, 7) is 0.474. The van der Waals surface area contributed by atoms with Crippen LogP contribution < -0.4 is 5.32 Å². The molecule has 74 valence electrons. The molecule has 0 aromatic carbocycles. The first kappa shape index (κ1) is 10.4. The molecule has 1 rings (SSSR count). The molecule has 7 heteroatoms. The van der Waals surface area contributed by atoms with Crippen molar-refractivity contribution in [2.45, 2.75) is 0 Å². The largest absolute Gasteiger partial charge is 0.452 e. The summed E-state index contributed by atoms with van der Waals surface area (Å²) in [5.74, 6) is -0.350. The summed E-state index contributed by atoms with van der Waals surface area (Å²) in [4.78, 5) is 13.8. The van der Waals surface area contributed by atoms with Gasteiger partial charge in [-0.2, -0.15) is 0 Å². The van der Waals surface area contributed by atoms with Gasteiger partial charge in [-0.15, -0.1) is 0 Å². The van der Waals surface area contributed by atoms with Crippen molar-refractivity contribution in [3.8, 4) is 0 Å². The van der Waals surface area contributed by atoms with Crippen LogP contribution >= 0.6 is 11.6 Å². The molecule has 0 spiro atoms. The zero-order chi connectivity index (χ0) is 10.4. The van der Waals surface area contributed by atoms with Crippen LogP contribution in [0, 0.1) is 0 Å². The fourth-order valence-corrected chi connectivity index (χ4v) is 1.02. The van der Waals surface area contributed by atoms with Crippen LogP contribution in [0.3, 0.4) is 0 Å². The lowest BCUT2D eigenvalue weighted by Crippen LogP contribution is -2.25. The van der Waals surface area contributed by atoms with E-state index in [1.54, 1.807) is 0 Å². The van der Waals surface area contributed by atoms with Gasteiger partial charge in [0, 0.05) is 18.0 Å². The van der Waals surface area contributed by atoms with Gasteiger partial charge in [-0.1, -0.05) is 5.11 Å². The highest BCUT2D eigenvalue weighted by Gasteiger charge is 2.11. The zero-order valence-electron chi connectivity index (χ0n) is 7.11. The highest BCUT2D eigenvalue weighted by molar-refractivity contribution is 6.32. The molecule has 1 amide bonds. The number of azide groups is 1. The third-order valence-corrected chi connectivity index (χ3v) is 1.72. The number of hydrogen-bond acceptors (Lipinski definition) is 3. The fourth-order valence-electron chi connectivity index (χ4n) is 0.815. The van der Waals surface area contributed by atoms with Gasteiger partial charge in [0.1, 0.15) is 0 Å². The predicted molar refractivity (Wildman–Crippen MR) is 50.1 cm³/mol. The molecule has 0 saturated heterocycles. The molecule has 0 aliphatic rings. The average molecular weight is 215 g/mol. The van der Waals surface area contributed by atoms with Gasteiger partial charge in [0.15, 0.2) is 0 Å². The summed E-state index contributed by atoms with van der Waals surface area (Å²) in [6.07, 6.45) is 1.32. The van der Waals surface area contributed by atoms with Crippen LogP contribution in [0.1, 0.15) is 10.4 Å². The molecule has 0 aliphatic carbocycles. The first-order valence-corrected chi connectivity index (χ1v) is 4.15. The molecule has 0 fully saturated rings.